The van der Waals surface area contributed by atoms with Crippen molar-refractivity contribution in [2.24, 2.45) is 11.3 Å². The van der Waals surface area contributed by atoms with Gasteiger partial charge in [-0.15, -0.1) is 11.3 Å². The van der Waals surface area contributed by atoms with Crippen molar-refractivity contribution in [2.45, 2.75) is 19.4 Å². The highest BCUT2D eigenvalue weighted by molar-refractivity contribution is 7.09. The molecule has 2 amide bonds. The molecule has 3 heterocycles. The van der Waals surface area contributed by atoms with E-state index in [2.05, 4.69) is 5.32 Å². The highest BCUT2D eigenvalue weighted by atomic mass is 35.5. The summed E-state index contributed by atoms with van der Waals surface area (Å²) in [6.07, 6.45) is 1.59. The maximum atomic E-state index is 13.1. The van der Waals surface area contributed by atoms with Crippen molar-refractivity contribution >= 4 is 34.8 Å². The molecule has 1 spiro atoms. The number of nitrogens with zero attached hydrogens (tertiary/aromatic N) is 1. The van der Waals surface area contributed by atoms with Crippen LogP contribution in [0.25, 0.3) is 0 Å². The summed E-state index contributed by atoms with van der Waals surface area (Å²) < 4.78 is 5.55. The number of thiophene rings is 1. The van der Waals surface area contributed by atoms with Crippen LogP contribution in [0.5, 0.6) is 0 Å². The fourth-order valence-electron chi connectivity index (χ4n) is 4.28. The highest BCUT2D eigenvalue weighted by Gasteiger charge is 2.51. The van der Waals surface area contributed by atoms with Crippen molar-refractivity contribution in [1.29, 1.82) is 0 Å². The van der Waals surface area contributed by atoms with E-state index in [0.29, 0.717) is 43.4 Å². The molecule has 2 aromatic rings. The lowest BCUT2D eigenvalue weighted by Crippen LogP contribution is -2.44. The summed E-state index contributed by atoms with van der Waals surface area (Å²) in [5.74, 6) is -0.266. The van der Waals surface area contributed by atoms with Crippen molar-refractivity contribution < 1.29 is 14.3 Å². The van der Waals surface area contributed by atoms with E-state index in [0.717, 1.165) is 17.7 Å². The molecule has 0 aliphatic carbocycles. The summed E-state index contributed by atoms with van der Waals surface area (Å²) in [6, 6.07) is 11.0. The molecule has 0 unspecified atom stereocenters. The first-order chi connectivity index (χ1) is 13.6. The Hall–Kier alpha value is -1.89. The van der Waals surface area contributed by atoms with E-state index in [1.165, 1.54) is 0 Å². The van der Waals surface area contributed by atoms with Crippen LogP contribution in [-0.2, 0) is 16.1 Å². The van der Waals surface area contributed by atoms with E-state index < -0.39 is 0 Å². The largest absolute Gasteiger partial charge is 0.381 e. The number of carbonyl (C=O) groups is 2. The van der Waals surface area contributed by atoms with Crippen LogP contribution in [0.4, 0.5) is 0 Å². The van der Waals surface area contributed by atoms with Crippen molar-refractivity contribution in [1.82, 2.24) is 10.2 Å². The minimum atomic E-state index is -0.223. The number of hydrogen-bond acceptors (Lipinski definition) is 4. The second kappa shape index (κ2) is 8.23. The standard InChI is InChI=1S/C21H23ClN2O3S/c22-16-4-1-3-15(11-16)20(26)24-13-18(21(14-24)6-8-27-9-7-21)19(25)23-12-17-5-2-10-28-17/h1-5,10-11,18H,6-9,12-14H2,(H,23,25)/t18-/m1/s1. The molecule has 0 bridgehead atoms. The van der Waals surface area contributed by atoms with Crippen LogP contribution >= 0.6 is 22.9 Å². The lowest BCUT2D eigenvalue weighted by Gasteiger charge is -2.37. The molecule has 0 radical (unpaired) electrons. The van der Waals surface area contributed by atoms with Gasteiger partial charge in [0.15, 0.2) is 0 Å². The molecular formula is C21H23ClN2O3S. The van der Waals surface area contributed by atoms with E-state index in [-0.39, 0.29) is 23.1 Å². The maximum Gasteiger partial charge on any atom is 0.253 e. The van der Waals surface area contributed by atoms with Gasteiger partial charge in [-0.05, 0) is 42.5 Å². The predicted molar refractivity (Wildman–Crippen MR) is 109 cm³/mol. The average molecular weight is 419 g/mol. The first-order valence-electron chi connectivity index (χ1n) is 9.50. The van der Waals surface area contributed by atoms with Crippen molar-refractivity contribution in [2.75, 3.05) is 26.3 Å². The van der Waals surface area contributed by atoms with Gasteiger partial charge in [0.2, 0.25) is 5.91 Å². The lowest BCUT2D eigenvalue weighted by molar-refractivity contribution is -0.130. The number of benzene rings is 1. The van der Waals surface area contributed by atoms with E-state index >= 15 is 0 Å². The summed E-state index contributed by atoms with van der Waals surface area (Å²) in [5.41, 5.74) is 0.348. The number of amides is 2. The maximum absolute atomic E-state index is 13.1. The molecular weight excluding hydrogens is 396 g/mol. The molecule has 1 aromatic heterocycles. The van der Waals surface area contributed by atoms with Crippen LogP contribution in [0.3, 0.4) is 0 Å². The van der Waals surface area contributed by atoms with Crippen LogP contribution in [-0.4, -0.2) is 43.0 Å². The van der Waals surface area contributed by atoms with E-state index in [1.54, 1.807) is 35.6 Å². The van der Waals surface area contributed by atoms with Gasteiger partial charge in [-0.3, -0.25) is 9.59 Å². The first kappa shape index (κ1) is 19.4. The summed E-state index contributed by atoms with van der Waals surface area (Å²) in [5, 5.41) is 5.62. The van der Waals surface area contributed by atoms with Crippen LogP contribution in [0.15, 0.2) is 41.8 Å². The van der Waals surface area contributed by atoms with E-state index in [1.807, 2.05) is 22.4 Å². The number of likely N-dealkylation sites (tertiary alicyclic amines) is 1. The molecule has 7 heteroatoms. The second-order valence-electron chi connectivity index (χ2n) is 7.52. The minimum Gasteiger partial charge on any atom is -0.381 e. The quantitative estimate of drug-likeness (QED) is 0.825. The fraction of sp³-hybridized carbons (Fsp3) is 0.429. The molecule has 0 saturated carbocycles. The third-order valence-corrected chi connectivity index (χ3v) is 6.94. The molecule has 2 saturated heterocycles. The summed E-state index contributed by atoms with van der Waals surface area (Å²) >= 11 is 7.68. The number of rotatable bonds is 4. The number of halogens is 1. The molecule has 148 valence electrons. The van der Waals surface area contributed by atoms with Gasteiger partial charge in [0.25, 0.3) is 5.91 Å². The number of nitrogens with one attached hydrogen (secondary N) is 1. The fourth-order valence-corrected chi connectivity index (χ4v) is 5.12. The molecule has 1 aromatic carbocycles. The zero-order chi connectivity index (χ0) is 19.6. The Labute approximate surface area is 173 Å². The molecule has 2 aliphatic heterocycles. The van der Waals surface area contributed by atoms with Gasteiger partial charge in [-0.25, -0.2) is 0 Å². The van der Waals surface area contributed by atoms with E-state index in [4.69, 9.17) is 16.3 Å². The molecule has 2 aliphatic rings. The molecule has 4 rings (SSSR count). The topological polar surface area (TPSA) is 58.6 Å². The molecule has 1 N–H and O–H groups in total. The van der Waals surface area contributed by atoms with E-state index in [9.17, 15) is 9.59 Å². The number of carbonyl (C=O) groups excluding carboxylic acids is 2. The molecule has 2 fully saturated rings. The Morgan fingerprint density at radius 1 is 1.25 bits per heavy atom. The molecule has 28 heavy (non-hydrogen) atoms. The second-order valence-corrected chi connectivity index (χ2v) is 8.99. The van der Waals surface area contributed by atoms with Crippen molar-refractivity contribution in [3.8, 4) is 0 Å². The number of hydrogen-bond donors (Lipinski definition) is 1. The molecule has 1 atom stereocenters. The number of ether oxygens (including phenoxy) is 1. The first-order valence-corrected chi connectivity index (χ1v) is 10.8. The van der Waals surface area contributed by atoms with Crippen LogP contribution in [0.2, 0.25) is 5.02 Å². The zero-order valence-electron chi connectivity index (χ0n) is 15.5. The van der Waals surface area contributed by atoms with Gasteiger partial charge >= 0.3 is 0 Å². The summed E-state index contributed by atoms with van der Waals surface area (Å²) in [7, 11) is 0. The smallest absolute Gasteiger partial charge is 0.253 e. The Kier molecular flexibility index (Phi) is 5.71. The SMILES string of the molecule is O=C(NCc1cccs1)[C@H]1CN(C(=O)c2cccc(Cl)c2)CC12CCOCC2. The Morgan fingerprint density at radius 2 is 2.07 bits per heavy atom. The highest BCUT2D eigenvalue weighted by Crippen LogP contribution is 2.44. The van der Waals surface area contributed by atoms with Crippen LogP contribution < -0.4 is 5.32 Å². The monoisotopic (exact) mass is 418 g/mol. The van der Waals surface area contributed by atoms with Gasteiger partial charge < -0.3 is 15.0 Å². The van der Waals surface area contributed by atoms with Crippen LogP contribution in [0.1, 0.15) is 28.1 Å². The lowest BCUT2D eigenvalue weighted by atomic mass is 9.72. The van der Waals surface area contributed by atoms with Gasteiger partial charge in [0.05, 0.1) is 12.5 Å². The molecule has 5 nitrogen and oxygen atoms in total. The van der Waals surface area contributed by atoms with Gasteiger partial charge in [0.1, 0.15) is 0 Å². The zero-order valence-corrected chi connectivity index (χ0v) is 17.1. The predicted octanol–water partition coefficient (Wildman–Crippen LogP) is 3.59. The Balaban J connectivity index is 1.52. The third kappa shape index (κ3) is 3.95. The average Bonchev–Trinajstić information content (AvgIpc) is 3.35. The Morgan fingerprint density at radius 3 is 2.79 bits per heavy atom. The summed E-state index contributed by atoms with van der Waals surface area (Å²) in [4.78, 5) is 29.0. The van der Waals surface area contributed by atoms with Gasteiger partial charge in [-0.1, -0.05) is 23.7 Å². The van der Waals surface area contributed by atoms with Gasteiger partial charge in [0, 0.05) is 47.2 Å². The van der Waals surface area contributed by atoms with Crippen molar-refractivity contribution in [3.63, 3.8) is 0 Å². The van der Waals surface area contributed by atoms with Crippen LogP contribution in [0, 0.1) is 11.3 Å². The minimum absolute atomic E-state index is 0.0247. The third-order valence-electron chi connectivity index (χ3n) is 5.83. The Bertz CT molecular complexity index is 849. The van der Waals surface area contributed by atoms with Crippen molar-refractivity contribution in [3.05, 3.63) is 57.2 Å². The summed E-state index contributed by atoms with van der Waals surface area (Å²) in [6.45, 7) is 2.81. The van der Waals surface area contributed by atoms with Gasteiger partial charge in [-0.2, -0.15) is 0 Å². The normalized spacial score (nSPS) is 21.0.